The molecule has 0 aromatic rings. The van der Waals surface area contributed by atoms with Gasteiger partial charge in [0.2, 0.25) is 0 Å². The van der Waals surface area contributed by atoms with E-state index in [0.717, 1.165) is 23.3 Å². The van der Waals surface area contributed by atoms with Crippen molar-refractivity contribution in [1.82, 2.24) is 0 Å². The molecule has 13 heavy (non-hydrogen) atoms. The van der Waals surface area contributed by atoms with Crippen LogP contribution < -0.4 is 0 Å². The Kier molecular flexibility index (Phi) is 5.16. The molecule has 0 rings (SSSR count). The maximum Gasteiger partial charge on any atom is 0.0157 e. The first-order valence-electron chi connectivity index (χ1n) is 4.74. The molecule has 0 nitrogen and oxygen atoms in total. The van der Waals surface area contributed by atoms with Gasteiger partial charge in [-0.25, -0.2) is 0 Å². The van der Waals surface area contributed by atoms with Crippen LogP contribution in [0, 0.1) is 5.41 Å². The molecule has 0 saturated heterocycles. The molecule has 0 unspecified atom stereocenters. The molecule has 0 aliphatic rings. The monoisotopic (exact) mass is 196 g/mol. The standard InChI is InChI=1S/C12H20S/c1-6-10(2)7-8-11(13)9-12(3,4)5/h7-8H,2,6,9H2,1,3-5H3/b8-7+. The van der Waals surface area contributed by atoms with Crippen molar-refractivity contribution in [3.8, 4) is 0 Å². The summed E-state index contributed by atoms with van der Waals surface area (Å²) in [5.74, 6) is 0. The van der Waals surface area contributed by atoms with Crippen LogP contribution in [0.15, 0.2) is 24.3 Å². The van der Waals surface area contributed by atoms with Crippen molar-refractivity contribution in [2.75, 3.05) is 0 Å². The SMILES string of the molecule is C=C(/C=C/C(=S)CC(C)(C)C)CC. The van der Waals surface area contributed by atoms with Crippen LogP contribution in [0.2, 0.25) is 0 Å². The van der Waals surface area contributed by atoms with Gasteiger partial charge in [-0.15, -0.1) is 0 Å². The molecule has 0 aliphatic heterocycles. The van der Waals surface area contributed by atoms with E-state index in [-0.39, 0.29) is 5.41 Å². The third-order valence-corrected chi connectivity index (χ3v) is 1.94. The highest BCUT2D eigenvalue weighted by molar-refractivity contribution is 7.80. The zero-order valence-corrected chi connectivity index (χ0v) is 10.0. The second kappa shape index (κ2) is 5.33. The van der Waals surface area contributed by atoms with Gasteiger partial charge in [-0.05, 0) is 24.3 Å². The molecule has 0 fully saturated rings. The van der Waals surface area contributed by atoms with Gasteiger partial charge in [0.25, 0.3) is 0 Å². The highest BCUT2D eigenvalue weighted by atomic mass is 32.1. The molecule has 0 aromatic carbocycles. The summed E-state index contributed by atoms with van der Waals surface area (Å²) in [4.78, 5) is 1.02. The van der Waals surface area contributed by atoms with Crippen LogP contribution in [-0.4, -0.2) is 4.86 Å². The van der Waals surface area contributed by atoms with Gasteiger partial charge in [-0.3, -0.25) is 0 Å². The first-order chi connectivity index (χ1) is 5.85. The molecule has 0 aliphatic carbocycles. The number of allylic oxidation sites excluding steroid dienone is 3. The molecule has 0 aromatic heterocycles. The summed E-state index contributed by atoms with van der Waals surface area (Å²) in [5, 5.41) is 0. The maximum atomic E-state index is 5.24. The fourth-order valence-corrected chi connectivity index (χ4v) is 1.41. The maximum absolute atomic E-state index is 5.24. The quantitative estimate of drug-likeness (QED) is 0.367. The van der Waals surface area contributed by atoms with E-state index < -0.39 is 0 Å². The third-order valence-electron chi connectivity index (χ3n) is 1.66. The lowest BCUT2D eigenvalue weighted by Gasteiger charge is -2.16. The number of hydrogen-bond acceptors (Lipinski definition) is 1. The van der Waals surface area contributed by atoms with E-state index in [4.69, 9.17) is 12.2 Å². The largest absolute Gasteiger partial charge is 0.0958 e. The summed E-state index contributed by atoms with van der Waals surface area (Å²) < 4.78 is 0. The fourth-order valence-electron chi connectivity index (χ4n) is 0.910. The Morgan fingerprint density at radius 2 is 1.85 bits per heavy atom. The molecule has 1 heteroatoms. The van der Waals surface area contributed by atoms with Crippen molar-refractivity contribution in [3.05, 3.63) is 24.3 Å². The summed E-state index contributed by atoms with van der Waals surface area (Å²) in [6.07, 6.45) is 5.99. The van der Waals surface area contributed by atoms with Crippen LogP contribution in [0.25, 0.3) is 0 Å². The van der Waals surface area contributed by atoms with Crippen molar-refractivity contribution in [1.29, 1.82) is 0 Å². The summed E-state index contributed by atoms with van der Waals surface area (Å²) in [6, 6.07) is 0. The van der Waals surface area contributed by atoms with Gasteiger partial charge in [-0.1, -0.05) is 58.1 Å². The van der Waals surface area contributed by atoms with Gasteiger partial charge in [-0.2, -0.15) is 0 Å². The van der Waals surface area contributed by atoms with Gasteiger partial charge in [0, 0.05) is 4.86 Å². The summed E-state index contributed by atoms with van der Waals surface area (Å²) in [7, 11) is 0. The van der Waals surface area contributed by atoms with Crippen molar-refractivity contribution in [2.45, 2.75) is 40.5 Å². The topological polar surface area (TPSA) is 0 Å². The van der Waals surface area contributed by atoms with Gasteiger partial charge in [0.05, 0.1) is 0 Å². The minimum Gasteiger partial charge on any atom is -0.0958 e. The van der Waals surface area contributed by atoms with Crippen molar-refractivity contribution < 1.29 is 0 Å². The van der Waals surface area contributed by atoms with Crippen molar-refractivity contribution in [3.63, 3.8) is 0 Å². The van der Waals surface area contributed by atoms with E-state index in [2.05, 4.69) is 34.3 Å². The first-order valence-corrected chi connectivity index (χ1v) is 5.14. The van der Waals surface area contributed by atoms with Crippen LogP contribution in [0.5, 0.6) is 0 Å². The predicted molar refractivity (Wildman–Crippen MR) is 65.2 cm³/mol. The predicted octanol–water partition coefficient (Wildman–Crippen LogP) is 4.31. The summed E-state index contributed by atoms with van der Waals surface area (Å²) in [5.41, 5.74) is 1.42. The lowest BCUT2D eigenvalue weighted by atomic mass is 9.90. The average Bonchev–Trinajstić information content (AvgIpc) is 1.97. The van der Waals surface area contributed by atoms with Crippen LogP contribution >= 0.6 is 12.2 Å². The minimum absolute atomic E-state index is 0.287. The molecule has 0 radical (unpaired) electrons. The Bertz CT molecular complexity index is 216. The summed E-state index contributed by atoms with van der Waals surface area (Å²) in [6.45, 7) is 12.6. The highest BCUT2D eigenvalue weighted by Gasteiger charge is 2.11. The zero-order valence-electron chi connectivity index (χ0n) is 9.18. The lowest BCUT2D eigenvalue weighted by Crippen LogP contribution is -2.09. The molecule has 0 bridgehead atoms. The molecule has 0 amide bonds. The molecule has 0 spiro atoms. The van der Waals surface area contributed by atoms with Gasteiger partial charge in [0.1, 0.15) is 0 Å². The van der Waals surface area contributed by atoms with Crippen LogP contribution in [0.1, 0.15) is 40.5 Å². The minimum atomic E-state index is 0.287. The van der Waals surface area contributed by atoms with E-state index in [1.165, 1.54) is 0 Å². The zero-order chi connectivity index (χ0) is 10.5. The molecule has 0 N–H and O–H groups in total. The Morgan fingerprint density at radius 3 is 2.23 bits per heavy atom. The Labute approximate surface area is 87.7 Å². The van der Waals surface area contributed by atoms with Gasteiger partial charge < -0.3 is 0 Å². The van der Waals surface area contributed by atoms with Crippen molar-refractivity contribution in [2.24, 2.45) is 5.41 Å². The lowest BCUT2D eigenvalue weighted by molar-refractivity contribution is 0.437. The van der Waals surface area contributed by atoms with Gasteiger partial charge >= 0.3 is 0 Å². The summed E-state index contributed by atoms with van der Waals surface area (Å²) >= 11 is 5.24. The van der Waals surface area contributed by atoms with Crippen LogP contribution in [-0.2, 0) is 0 Å². The molecule has 74 valence electrons. The molecular formula is C12H20S. The molecule has 0 heterocycles. The van der Waals surface area contributed by atoms with E-state index >= 15 is 0 Å². The third kappa shape index (κ3) is 7.92. The smallest absolute Gasteiger partial charge is 0.0157 e. The molecular weight excluding hydrogens is 176 g/mol. The number of rotatable bonds is 4. The van der Waals surface area contributed by atoms with E-state index in [0.29, 0.717) is 0 Å². The van der Waals surface area contributed by atoms with Crippen molar-refractivity contribution >= 4 is 17.1 Å². The second-order valence-electron chi connectivity index (χ2n) is 4.55. The number of thiocarbonyl (C=S) groups is 1. The normalized spacial score (nSPS) is 12.0. The van der Waals surface area contributed by atoms with Crippen LogP contribution in [0.4, 0.5) is 0 Å². The first kappa shape index (κ1) is 12.6. The van der Waals surface area contributed by atoms with Gasteiger partial charge in [0.15, 0.2) is 0 Å². The van der Waals surface area contributed by atoms with E-state index in [1.807, 2.05) is 12.2 Å². The number of hydrogen-bond donors (Lipinski definition) is 0. The average molecular weight is 196 g/mol. The Balaban J connectivity index is 4.02. The fraction of sp³-hybridized carbons (Fsp3) is 0.583. The molecule has 0 atom stereocenters. The Hall–Kier alpha value is -0.430. The molecule has 0 saturated carbocycles. The van der Waals surface area contributed by atoms with Crippen LogP contribution in [0.3, 0.4) is 0 Å². The van der Waals surface area contributed by atoms with E-state index in [9.17, 15) is 0 Å². The Morgan fingerprint density at radius 1 is 1.31 bits per heavy atom. The highest BCUT2D eigenvalue weighted by Crippen LogP contribution is 2.19. The van der Waals surface area contributed by atoms with E-state index in [1.54, 1.807) is 0 Å². The second-order valence-corrected chi connectivity index (χ2v) is 5.07.